The number of hydrogen-bond acceptors (Lipinski definition) is 2. The molecule has 0 fully saturated rings. The van der Waals surface area contributed by atoms with Crippen molar-refractivity contribution in [3.63, 3.8) is 0 Å². The van der Waals surface area contributed by atoms with E-state index in [9.17, 15) is 0 Å². The van der Waals surface area contributed by atoms with Crippen LogP contribution in [0.15, 0.2) is 0 Å². The normalized spacial score (nSPS) is 8.29. The maximum Gasteiger partial charge on any atom is 1.00 e. The fraction of sp³-hybridized carbons (Fsp3) is 0. The van der Waals surface area contributed by atoms with Gasteiger partial charge in [0.15, 0.2) is 0 Å². The van der Waals surface area contributed by atoms with E-state index in [0.29, 0.717) is 0 Å². The largest absolute Gasteiger partial charge is 1.00 e. The molecule has 0 saturated heterocycles. The van der Waals surface area contributed by atoms with Gasteiger partial charge in [0.1, 0.15) is 0 Å². The minimum Gasteiger partial charge on any atom is -1.00 e. The molecule has 42 valence electrons. The van der Waals surface area contributed by atoms with Gasteiger partial charge in [-0.15, -0.1) is 0 Å². The van der Waals surface area contributed by atoms with Gasteiger partial charge >= 0.3 is 79.3 Å². The van der Waals surface area contributed by atoms with Gasteiger partial charge in [0.2, 0.25) is 0 Å². The van der Waals surface area contributed by atoms with Gasteiger partial charge in [-0.25, -0.2) is 0 Å². The van der Waals surface area contributed by atoms with E-state index in [1.807, 2.05) is 0 Å². The van der Waals surface area contributed by atoms with Gasteiger partial charge in [-0.2, -0.15) is 8.42 Å². The summed E-state index contributed by atoms with van der Waals surface area (Å²) in [7, 11) is -4.67. The van der Waals surface area contributed by atoms with Gasteiger partial charge in [0, 0.05) is 17.1 Å². The summed E-state index contributed by atoms with van der Waals surface area (Å²) in [6, 6.07) is 0. The molecule has 2 N–H and O–H groups in total. The first-order chi connectivity index (χ1) is 2.00. The Balaban J connectivity index is -0.0000000267. The van der Waals surface area contributed by atoms with Crippen LogP contribution in [0.25, 0.3) is 0 Å². The zero-order valence-corrected chi connectivity index (χ0v) is 11.7. The predicted molar refractivity (Wildman–Crippen MR) is 15.3 cm³/mol. The second kappa shape index (κ2) is 6.56. The first-order valence-electron chi connectivity index (χ1n) is 0.698. The van der Waals surface area contributed by atoms with Crippen molar-refractivity contribution in [1.82, 2.24) is 0 Å². The minimum absolute atomic E-state index is 0. The average molecular weight is 288 g/mol. The molecule has 0 heterocycles. The summed E-state index contributed by atoms with van der Waals surface area (Å²) in [5.74, 6) is 0. The van der Waals surface area contributed by atoms with E-state index < -0.39 is 10.4 Å². The van der Waals surface area contributed by atoms with Crippen molar-refractivity contribution >= 4 is 10.4 Å². The minimum atomic E-state index is -4.67. The second-order valence-electron chi connectivity index (χ2n) is 0.448. The fourth-order valence-corrected chi connectivity index (χ4v) is 0. The Hall–Kier alpha value is 2.44. The molecule has 7 heavy (non-hydrogen) atoms. The van der Waals surface area contributed by atoms with Crippen LogP contribution < -0.4 is 68.9 Å². The molecule has 0 aliphatic rings. The molecule has 0 unspecified atom stereocenters. The van der Waals surface area contributed by atoms with Crippen LogP contribution in [0.5, 0.6) is 0 Å². The van der Waals surface area contributed by atoms with E-state index in [1.54, 1.807) is 0 Å². The molecular weight excluding hydrogens is 285 g/mol. The van der Waals surface area contributed by atoms with Crippen LogP contribution in [0.2, 0.25) is 0 Å². The van der Waals surface area contributed by atoms with Crippen molar-refractivity contribution in [2.75, 3.05) is 0 Å². The van der Waals surface area contributed by atoms with Gasteiger partial charge in [-0.3, -0.25) is 9.11 Å². The standard InChI is InChI=1S/Cs.Fe.H2O4S.H/c;;1-5(2,3)4;/h;;(H2,1,2,3,4);/q+1;;;-1. The molecule has 0 spiro atoms. The van der Waals surface area contributed by atoms with Gasteiger partial charge in [0.05, 0.1) is 0 Å². The molecule has 0 aliphatic heterocycles. The molecule has 4 nitrogen and oxygen atoms in total. The Morgan fingerprint density at radius 3 is 1.29 bits per heavy atom. The van der Waals surface area contributed by atoms with Crippen molar-refractivity contribution in [1.29, 1.82) is 0 Å². The monoisotopic (exact) mass is 288 g/mol. The maximum absolute atomic E-state index is 8.74. The molecule has 0 rings (SSSR count). The molecule has 7 heteroatoms. The zero-order valence-electron chi connectivity index (χ0n) is 4.47. The van der Waals surface area contributed by atoms with Crippen molar-refractivity contribution in [3.05, 3.63) is 0 Å². The third-order valence-electron chi connectivity index (χ3n) is 0. The van der Waals surface area contributed by atoms with E-state index in [2.05, 4.69) is 0 Å². The second-order valence-corrected chi connectivity index (χ2v) is 1.34. The van der Waals surface area contributed by atoms with Crippen LogP contribution in [0.4, 0.5) is 0 Å². The summed E-state index contributed by atoms with van der Waals surface area (Å²) in [5.41, 5.74) is 0. The van der Waals surface area contributed by atoms with Crippen molar-refractivity contribution in [2.24, 2.45) is 0 Å². The first kappa shape index (κ1) is 16.2. The van der Waals surface area contributed by atoms with E-state index in [1.165, 1.54) is 0 Å². The molecule has 0 aliphatic carbocycles. The van der Waals surface area contributed by atoms with Crippen molar-refractivity contribution in [2.45, 2.75) is 0 Å². The molecule has 0 aromatic rings. The number of hydrogen-bond donors (Lipinski definition) is 2. The SMILES string of the molecule is O=S(=O)(O)O.[Cs+].[Fe].[H-]. The topological polar surface area (TPSA) is 74.6 Å². The molecule has 0 saturated carbocycles. The van der Waals surface area contributed by atoms with Gasteiger partial charge in [-0.05, 0) is 0 Å². The summed E-state index contributed by atoms with van der Waals surface area (Å²) in [6.07, 6.45) is 0. The fourth-order valence-electron chi connectivity index (χ4n) is 0. The van der Waals surface area contributed by atoms with Crippen LogP contribution in [-0.4, -0.2) is 17.5 Å². The van der Waals surface area contributed by atoms with Crippen LogP contribution in [0, 0.1) is 0 Å². The van der Waals surface area contributed by atoms with E-state index in [-0.39, 0.29) is 87.4 Å². The van der Waals surface area contributed by atoms with Crippen LogP contribution in [0.3, 0.4) is 0 Å². The molecular formula is H3CsFeO4S. The number of rotatable bonds is 0. The summed E-state index contributed by atoms with van der Waals surface area (Å²) in [5, 5.41) is 0. The smallest absolute Gasteiger partial charge is 1.00 e. The Morgan fingerprint density at radius 1 is 1.29 bits per heavy atom. The third-order valence-corrected chi connectivity index (χ3v) is 0. The van der Waals surface area contributed by atoms with E-state index in [0.717, 1.165) is 0 Å². The van der Waals surface area contributed by atoms with Crippen LogP contribution >= 0.6 is 0 Å². The summed E-state index contributed by atoms with van der Waals surface area (Å²) in [4.78, 5) is 0. The van der Waals surface area contributed by atoms with Crippen LogP contribution in [0.1, 0.15) is 1.43 Å². The van der Waals surface area contributed by atoms with Gasteiger partial charge < -0.3 is 1.43 Å². The third kappa shape index (κ3) is 58.8. The predicted octanol–water partition coefficient (Wildman–Crippen LogP) is -3.54. The summed E-state index contributed by atoms with van der Waals surface area (Å²) >= 11 is 0. The average Bonchev–Trinajstić information content (AvgIpc) is 0.722. The summed E-state index contributed by atoms with van der Waals surface area (Å²) in [6.45, 7) is 0. The Bertz CT molecular complexity index is 99.2. The van der Waals surface area contributed by atoms with Crippen LogP contribution in [-0.2, 0) is 27.5 Å². The zero-order chi connectivity index (χ0) is 4.50. The molecule has 0 atom stereocenters. The van der Waals surface area contributed by atoms with E-state index >= 15 is 0 Å². The van der Waals surface area contributed by atoms with Gasteiger partial charge in [0.25, 0.3) is 0 Å². The Labute approximate surface area is 112 Å². The quantitative estimate of drug-likeness (QED) is 0.358. The maximum atomic E-state index is 8.74. The molecule has 0 amide bonds. The Kier molecular flexibility index (Phi) is 15.2. The van der Waals surface area contributed by atoms with Gasteiger partial charge in [-0.1, -0.05) is 0 Å². The van der Waals surface area contributed by atoms with Crippen molar-refractivity contribution < 1.29 is 105 Å². The summed E-state index contributed by atoms with van der Waals surface area (Å²) < 4.78 is 31.6. The molecule has 0 bridgehead atoms. The molecule has 0 aromatic heterocycles. The Morgan fingerprint density at radius 2 is 1.29 bits per heavy atom. The molecule has 0 aromatic carbocycles. The molecule has 0 radical (unpaired) electrons. The van der Waals surface area contributed by atoms with E-state index in [4.69, 9.17) is 17.5 Å². The first-order valence-corrected chi connectivity index (χ1v) is 2.10. The van der Waals surface area contributed by atoms with Crippen molar-refractivity contribution in [3.8, 4) is 0 Å².